The zero-order valence-electron chi connectivity index (χ0n) is 10.6. The first-order valence-electron chi connectivity index (χ1n) is 6.22. The maximum atomic E-state index is 11.7. The number of carbonyl (C=O) groups excluding carboxylic acids is 1. The minimum absolute atomic E-state index is 0.0428. The van der Waals surface area contributed by atoms with E-state index in [-0.39, 0.29) is 11.9 Å². The number of hydrogen-bond acceptors (Lipinski definition) is 3. The third-order valence-electron chi connectivity index (χ3n) is 3.22. The van der Waals surface area contributed by atoms with E-state index in [0.29, 0.717) is 6.42 Å². The van der Waals surface area contributed by atoms with Gasteiger partial charge in [0.05, 0.1) is 12.3 Å². The van der Waals surface area contributed by atoms with Crippen molar-refractivity contribution in [1.82, 2.24) is 5.01 Å². The van der Waals surface area contributed by atoms with Gasteiger partial charge in [-0.2, -0.15) is 5.10 Å². The van der Waals surface area contributed by atoms with Crippen LogP contribution in [0.4, 0.5) is 0 Å². The molecule has 1 aromatic carbocycles. The van der Waals surface area contributed by atoms with Crippen LogP contribution in [0.1, 0.15) is 30.7 Å². The Morgan fingerprint density at radius 3 is 2.68 bits per heavy atom. The summed E-state index contributed by atoms with van der Waals surface area (Å²) in [6.07, 6.45) is 2.29. The standard InChI is InChI=1S/C15H14N2O2/c1-11(18)17-14(12-6-3-2-4-7-12)10-13(16-17)15-8-5-9-19-15/h2-9,14H,10H2,1H3/t14-/m1/s1. The van der Waals surface area contributed by atoms with Gasteiger partial charge in [-0.05, 0) is 17.7 Å². The van der Waals surface area contributed by atoms with Gasteiger partial charge >= 0.3 is 0 Å². The van der Waals surface area contributed by atoms with Gasteiger partial charge in [0.2, 0.25) is 5.91 Å². The molecule has 0 saturated heterocycles. The van der Waals surface area contributed by atoms with E-state index >= 15 is 0 Å². The van der Waals surface area contributed by atoms with Crippen LogP contribution in [-0.4, -0.2) is 16.6 Å². The van der Waals surface area contributed by atoms with Crippen molar-refractivity contribution in [3.8, 4) is 0 Å². The average molecular weight is 254 g/mol. The third kappa shape index (κ3) is 2.17. The lowest BCUT2D eigenvalue weighted by Gasteiger charge is -2.20. The van der Waals surface area contributed by atoms with E-state index in [2.05, 4.69) is 5.10 Å². The van der Waals surface area contributed by atoms with Gasteiger partial charge < -0.3 is 4.42 Å². The van der Waals surface area contributed by atoms with E-state index < -0.39 is 0 Å². The van der Waals surface area contributed by atoms with Crippen LogP contribution in [0.25, 0.3) is 0 Å². The minimum Gasteiger partial charge on any atom is -0.463 e. The molecular formula is C15H14N2O2. The lowest BCUT2D eigenvalue weighted by molar-refractivity contribution is -0.130. The van der Waals surface area contributed by atoms with E-state index in [0.717, 1.165) is 17.0 Å². The molecule has 4 nitrogen and oxygen atoms in total. The van der Waals surface area contributed by atoms with Crippen molar-refractivity contribution in [3.05, 3.63) is 60.1 Å². The number of amides is 1. The van der Waals surface area contributed by atoms with E-state index in [1.807, 2.05) is 42.5 Å². The SMILES string of the molecule is CC(=O)N1N=C(c2ccco2)C[C@@H]1c1ccccc1. The molecule has 1 aliphatic heterocycles. The Hall–Kier alpha value is -2.36. The highest BCUT2D eigenvalue weighted by atomic mass is 16.3. The number of rotatable bonds is 2. The Balaban J connectivity index is 1.94. The summed E-state index contributed by atoms with van der Waals surface area (Å²) >= 11 is 0. The third-order valence-corrected chi connectivity index (χ3v) is 3.22. The van der Waals surface area contributed by atoms with Crippen molar-refractivity contribution in [2.24, 2.45) is 5.10 Å². The van der Waals surface area contributed by atoms with E-state index in [1.54, 1.807) is 6.26 Å². The van der Waals surface area contributed by atoms with Crippen LogP contribution in [0.5, 0.6) is 0 Å². The summed E-state index contributed by atoms with van der Waals surface area (Å²) in [6, 6.07) is 13.6. The number of carbonyl (C=O) groups is 1. The first kappa shape index (κ1) is 11.7. The minimum atomic E-state index is -0.0598. The molecule has 0 spiro atoms. The lowest BCUT2D eigenvalue weighted by Crippen LogP contribution is -2.24. The fraction of sp³-hybridized carbons (Fsp3) is 0.200. The smallest absolute Gasteiger partial charge is 0.240 e. The zero-order valence-corrected chi connectivity index (χ0v) is 10.6. The van der Waals surface area contributed by atoms with Crippen LogP contribution in [0, 0.1) is 0 Å². The Morgan fingerprint density at radius 2 is 2.05 bits per heavy atom. The van der Waals surface area contributed by atoms with Gasteiger partial charge in [-0.3, -0.25) is 4.79 Å². The summed E-state index contributed by atoms with van der Waals surface area (Å²) in [4.78, 5) is 11.7. The number of hydrazone groups is 1. The lowest BCUT2D eigenvalue weighted by atomic mass is 10.0. The average Bonchev–Trinajstić information content (AvgIpc) is 3.08. The normalized spacial score (nSPS) is 18.5. The second kappa shape index (κ2) is 4.72. The summed E-state index contributed by atoms with van der Waals surface area (Å²) in [7, 11) is 0. The highest BCUT2D eigenvalue weighted by Gasteiger charge is 2.32. The topological polar surface area (TPSA) is 45.8 Å². The molecule has 1 atom stereocenters. The molecule has 96 valence electrons. The number of furan rings is 1. The largest absolute Gasteiger partial charge is 0.463 e. The monoisotopic (exact) mass is 254 g/mol. The maximum absolute atomic E-state index is 11.7. The summed E-state index contributed by atoms with van der Waals surface area (Å²) in [5.41, 5.74) is 1.90. The molecule has 0 fully saturated rings. The fourth-order valence-electron chi connectivity index (χ4n) is 2.33. The Bertz CT molecular complexity index is 602. The molecule has 1 aliphatic rings. The van der Waals surface area contributed by atoms with E-state index in [9.17, 15) is 4.79 Å². The first-order valence-corrected chi connectivity index (χ1v) is 6.22. The van der Waals surface area contributed by atoms with Crippen molar-refractivity contribution < 1.29 is 9.21 Å². The summed E-state index contributed by atoms with van der Waals surface area (Å²) in [5.74, 6) is 0.667. The molecule has 1 aromatic heterocycles. The number of nitrogens with zero attached hydrogens (tertiary/aromatic N) is 2. The van der Waals surface area contributed by atoms with Crippen molar-refractivity contribution in [2.75, 3.05) is 0 Å². The van der Waals surface area contributed by atoms with Crippen LogP contribution >= 0.6 is 0 Å². The van der Waals surface area contributed by atoms with Gasteiger partial charge in [-0.25, -0.2) is 5.01 Å². The molecule has 0 radical (unpaired) electrons. The predicted molar refractivity (Wildman–Crippen MR) is 71.6 cm³/mol. The van der Waals surface area contributed by atoms with E-state index in [4.69, 9.17) is 4.42 Å². The van der Waals surface area contributed by atoms with Crippen LogP contribution in [0.15, 0.2) is 58.2 Å². The molecule has 0 aliphatic carbocycles. The zero-order chi connectivity index (χ0) is 13.2. The number of hydrogen-bond donors (Lipinski definition) is 0. The Kier molecular flexibility index (Phi) is 2.91. The van der Waals surface area contributed by atoms with Crippen molar-refractivity contribution >= 4 is 11.6 Å². The van der Waals surface area contributed by atoms with Crippen LogP contribution in [-0.2, 0) is 4.79 Å². The molecule has 0 saturated carbocycles. The number of benzene rings is 1. The Labute approximate surface area is 111 Å². The van der Waals surface area contributed by atoms with Crippen molar-refractivity contribution in [3.63, 3.8) is 0 Å². The van der Waals surface area contributed by atoms with Gasteiger partial charge in [0, 0.05) is 13.3 Å². The first-order chi connectivity index (χ1) is 9.25. The van der Waals surface area contributed by atoms with Gasteiger partial charge in [0.15, 0.2) is 0 Å². The molecule has 2 aromatic rings. The highest BCUT2D eigenvalue weighted by Crippen LogP contribution is 2.32. The molecule has 1 amide bonds. The quantitative estimate of drug-likeness (QED) is 0.827. The van der Waals surface area contributed by atoms with Gasteiger partial charge in [0.1, 0.15) is 11.5 Å². The molecule has 4 heteroatoms. The van der Waals surface area contributed by atoms with Gasteiger partial charge in [-0.15, -0.1) is 0 Å². The second-order valence-electron chi connectivity index (χ2n) is 4.52. The molecule has 2 heterocycles. The van der Waals surface area contributed by atoms with E-state index in [1.165, 1.54) is 11.9 Å². The fourth-order valence-corrected chi connectivity index (χ4v) is 2.33. The van der Waals surface area contributed by atoms with Crippen LogP contribution in [0.3, 0.4) is 0 Å². The summed E-state index contributed by atoms with van der Waals surface area (Å²) in [5, 5.41) is 5.93. The summed E-state index contributed by atoms with van der Waals surface area (Å²) in [6.45, 7) is 1.53. The Morgan fingerprint density at radius 1 is 1.26 bits per heavy atom. The predicted octanol–water partition coefficient (Wildman–Crippen LogP) is 2.98. The molecule has 0 bridgehead atoms. The van der Waals surface area contributed by atoms with Gasteiger partial charge in [0.25, 0.3) is 0 Å². The second-order valence-corrected chi connectivity index (χ2v) is 4.52. The van der Waals surface area contributed by atoms with Gasteiger partial charge in [-0.1, -0.05) is 30.3 Å². The van der Waals surface area contributed by atoms with Crippen LogP contribution in [0.2, 0.25) is 0 Å². The maximum Gasteiger partial charge on any atom is 0.240 e. The van der Waals surface area contributed by atoms with Crippen molar-refractivity contribution in [1.29, 1.82) is 0 Å². The molecular weight excluding hydrogens is 240 g/mol. The molecule has 3 rings (SSSR count). The molecule has 0 unspecified atom stereocenters. The highest BCUT2D eigenvalue weighted by molar-refractivity contribution is 6.00. The van der Waals surface area contributed by atoms with Crippen molar-refractivity contribution in [2.45, 2.75) is 19.4 Å². The van der Waals surface area contributed by atoms with Crippen LogP contribution < -0.4 is 0 Å². The molecule has 19 heavy (non-hydrogen) atoms. The molecule has 0 N–H and O–H groups in total. The summed E-state index contributed by atoms with van der Waals surface area (Å²) < 4.78 is 5.36.